The van der Waals surface area contributed by atoms with Gasteiger partial charge >= 0.3 is 12.2 Å². The fourth-order valence-electron chi connectivity index (χ4n) is 16.9. The molecular formula is C70H91Cl2I2N9O9. The third kappa shape index (κ3) is 15.7. The highest BCUT2D eigenvalue weighted by Gasteiger charge is 2.46. The van der Waals surface area contributed by atoms with Gasteiger partial charge in [0, 0.05) is 112 Å². The van der Waals surface area contributed by atoms with Gasteiger partial charge in [-0.2, -0.15) is 0 Å². The quantitative estimate of drug-likeness (QED) is 0.0657. The molecule has 18 nitrogen and oxygen atoms in total. The Morgan fingerprint density at radius 3 is 1.40 bits per heavy atom. The third-order valence-corrected chi connectivity index (χ3v) is 21.5. The highest BCUT2D eigenvalue weighted by atomic mass is 128. The average Bonchev–Trinajstić information content (AvgIpc) is 1.56. The van der Waals surface area contributed by atoms with Crippen molar-refractivity contribution in [2.75, 3.05) is 65.7 Å². The summed E-state index contributed by atoms with van der Waals surface area (Å²) in [6.07, 6.45) is 17.1. The van der Waals surface area contributed by atoms with Crippen LogP contribution in [0.25, 0.3) is 22.1 Å². The lowest BCUT2D eigenvalue weighted by atomic mass is 9.70. The molecule has 2 unspecified atom stereocenters. The Bertz CT molecular complexity index is 3350. The summed E-state index contributed by atoms with van der Waals surface area (Å²) in [6.45, 7) is 12.6. The van der Waals surface area contributed by atoms with Crippen LogP contribution in [-0.2, 0) is 44.2 Å². The lowest BCUT2D eigenvalue weighted by Gasteiger charge is -2.45. The van der Waals surface area contributed by atoms with Gasteiger partial charge in [-0.3, -0.25) is 24.2 Å². The van der Waals surface area contributed by atoms with E-state index in [-0.39, 0.29) is 61.4 Å². The predicted octanol–water partition coefficient (Wildman–Crippen LogP) is 13.7. The number of halogens is 4. The number of amides is 3. The van der Waals surface area contributed by atoms with Crippen LogP contribution in [0.4, 0.5) is 9.59 Å². The molecule has 9 saturated heterocycles. The number of piperidine rings is 4. The minimum Gasteiger partial charge on any atom is -0.444 e. The number of hydrogen-bond acceptors (Lipinski definition) is 14. The number of para-hydroxylation sites is 4. The van der Waals surface area contributed by atoms with Gasteiger partial charge in [-0.25, -0.2) is 19.6 Å². The van der Waals surface area contributed by atoms with Gasteiger partial charge in [0.2, 0.25) is 0 Å². The summed E-state index contributed by atoms with van der Waals surface area (Å²) in [7, 11) is 0. The van der Waals surface area contributed by atoms with Gasteiger partial charge in [0.25, 0.3) is 11.8 Å². The van der Waals surface area contributed by atoms with Crippen molar-refractivity contribution < 1.29 is 43.0 Å². The van der Waals surface area contributed by atoms with Gasteiger partial charge < -0.3 is 38.3 Å². The molecule has 9 aliphatic rings. The first-order valence-electron chi connectivity index (χ1n) is 33.2. The molecule has 6 aromatic rings. The van der Waals surface area contributed by atoms with Crippen molar-refractivity contribution in [3.05, 3.63) is 132 Å². The number of aromatic nitrogens is 4. The summed E-state index contributed by atoms with van der Waals surface area (Å²) in [5.41, 5.74) is 8.30. The first kappa shape index (κ1) is 70.1. The molecule has 9 fully saturated rings. The second kappa shape index (κ2) is 32.4. The van der Waals surface area contributed by atoms with Crippen molar-refractivity contribution in [3.63, 3.8) is 0 Å². The van der Waals surface area contributed by atoms with Crippen LogP contribution in [0.3, 0.4) is 0 Å². The molecule has 1 N–H and O–H groups in total. The van der Waals surface area contributed by atoms with Crippen molar-refractivity contribution >= 4 is 108 Å². The normalized spacial score (nSPS) is 26.3. The second-order valence-corrected chi connectivity index (χ2v) is 26.5. The molecule has 0 spiro atoms. The molecular weight excluding hydrogens is 1440 g/mol. The minimum atomic E-state index is -1.04. The van der Waals surface area contributed by atoms with E-state index in [1.165, 1.54) is 99.6 Å². The molecule has 2 aromatic heterocycles. The molecule has 11 heterocycles. The zero-order valence-electron chi connectivity index (χ0n) is 53.1. The molecule has 3 amide bonds. The number of imidazole rings is 2. The number of rotatable bonds is 13. The number of likely N-dealkylation sites (tertiary alicyclic amines) is 1. The Labute approximate surface area is 577 Å². The fourth-order valence-corrected chi connectivity index (χ4v) is 16.9. The number of fused-ring (bicyclic) bond motifs is 6. The molecule has 15 rings (SSSR count). The van der Waals surface area contributed by atoms with Gasteiger partial charge in [-0.15, -0.1) is 24.8 Å². The van der Waals surface area contributed by atoms with E-state index in [1.807, 2.05) is 4.90 Å². The number of benzene rings is 4. The summed E-state index contributed by atoms with van der Waals surface area (Å²) in [5.74, 6) is 1.28. The van der Waals surface area contributed by atoms with E-state index in [0.717, 1.165) is 87.3 Å². The lowest BCUT2D eigenvalue weighted by molar-refractivity contribution is -0.178. The maximum absolute atomic E-state index is 12.9. The number of carbonyl (C=O) groups is 4. The smallest absolute Gasteiger partial charge is 0.444 e. The summed E-state index contributed by atoms with van der Waals surface area (Å²) >= 11 is 4.24. The topological polar surface area (TPSA) is 175 Å². The minimum absolute atomic E-state index is 0. The van der Waals surface area contributed by atoms with E-state index in [1.54, 1.807) is 5.56 Å². The Balaban J connectivity index is 0.000000159. The number of hydrogen-bond donors (Lipinski definition) is 1. The molecule has 498 valence electrons. The molecule has 9 aliphatic heterocycles. The SMILES string of the molecule is Cc1nc2ccccc2n1C1C[C@H]2CC[C@@H](C1)N2CCC1(c2ccccc2)CCN(C(=O)O[C@H]2CCOC2)CC1.Cc1nc2ccccc2n1C1C[C@H]2CC[C@@H](C1)N2CCC1(c2ccccc2)CCNCC1.Cl.Cl.II.O=C(O[C@H]1CCOC1)ON1C(=O)CCC1=O. The Hall–Kier alpha value is -4.66. The van der Waals surface area contributed by atoms with Gasteiger partial charge in [-0.05, 0) is 176 Å². The van der Waals surface area contributed by atoms with E-state index in [4.69, 9.17) is 28.9 Å². The van der Waals surface area contributed by atoms with Gasteiger partial charge in [0.05, 0.1) is 48.5 Å². The van der Waals surface area contributed by atoms with Crippen molar-refractivity contribution in [2.45, 2.75) is 189 Å². The molecule has 22 heteroatoms. The number of aryl methyl sites for hydroxylation is 2. The zero-order chi connectivity index (χ0) is 62.2. The molecule has 4 bridgehead atoms. The van der Waals surface area contributed by atoms with Crippen LogP contribution in [0.1, 0.15) is 150 Å². The predicted molar refractivity (Wildman–Crippen MR) is 377 cm³/mol. The summed E-state index contributed by atoms with van der Waals surface area (Å²) in [6, 6.07) is 43.6. The monoisotopic (exact) mass is 1530 g/mol. The number of imide groups is 1. The van der Waals surface area contributed by atoms with Crippen molar-refractivity contribution in [1.29, 1.82) is 0 Å². The van der Waals surface area contributed by atoms with E-state index in [9.17, 15) is 19.2 Å². The third-order valence-electron chi connectivity index (χ3n) is 21.5. The average molecular weight is 1530 g/mol. The summed E-state index contributed by atoms with van der Waals surface area (Å²) < 4.78 is 26.0. The largest absolute Gasteiger partial charge is 0.534 e. The fraction of sp³-hybridized carbons (Fsp3) is 0.571. The first-order valence-corrected chi connectivity index (χ1v) is 39.5. The molecule has 4 aromatic carbocycles. The first-order chi connectivity index (χ1) is 44.0. The van der Waals surface area contributed by atoms with Crippen LogP contribution in [0.15, 0.2) is 109 Å². The Morgan fingerprint density at radius 2 is 0.967 bits per heavy atom. The van der Waals surface area contributed by atoms with Gasteiger partial charge in [-0.1, -0.05) is 90.0 Å². The lowest BCUT2D eigenvalue weighted by Crippen LogP contribution is -2.49. The molecule has 0 saturated carbocycles. The summed E-state index contributed by atoms with van der Waals surface area (Å²) in [4.78, 5) is 68.2. The maximum Gasteiger partial charge on any atom is 0.534 e. The molecule has 0 radical (unpaired) electrons. The second-order valence-electron chi connectivity index (χ2n) is 26.5. The number of nitrogens with one attached hydrogen (secondary N) is 1. The van der Waals surface area contributed by atoms with Crippen LogP contribution in [0.2, 0.25) is 0 Å². The Morgan fingerprint density at radius 1 is 0.554 bits per heavy atom. The summed E-state index contributed by atoms with van der Waals surface area (Å²) in [5, 5.41) is 4.05. The molecule has 8 atom stereocenters. The number of carbonyl (C=O) groups excluding carboxylic acids is 4. The van der Waals surface area contributed by atoms with Gasteiger partial charge in [0.1, 0.15) is 23.9 Å². The molecule has 92 heavy (non-hydrogen) atoms. The number of nitrogens with zero attached hydrogens (tertiary/aromatic N) is 8. The van der Waals surface area contributed by atoms with Crippen molar-refractivity contribution in [1.82, 2.24) is 44.2 Å². The van der Waals surface area contributed by atoms with E-state index >= 15 is 0 Å². The van der Waals surface area contributed by atoms with Gasteiger partial charge in [0.15, 0.2) is 0 Å². The van der Waals surface area contributed by atoms with E-state index < -0.39 is 18.0 Å². The highest BCUT2D eigenvalue weighted by molar-refractivity contribution is 15.0. The zero-order valence-corrected chi connectivity index (χ0v) is 59.1. The standard InChI is InChI=1S/C33H42N4O3.C28H36N4.C9H11NO6.2ClH.I2/c1-24-34-30-9-5-6-10-31(30)37(24)28-21-26-11-12-27(22-28)36(26)19-16-33(25-7-3-2-4-8-25)14-17-35(18-15-33)32(38)40-29-13-20-39-23-29;1-21-30-26-9-5-6-10-27(26)32(21)25-19-23-11-12-24(20-25)31(23)18-15-28(13-16-29-17-14-28)22-7-3-2-4-8-22;11-7-1-2-8(12)10(7)16-9(13)15-6-3-4-14-5-6;;;1-2/h2-10,26-29H,11-23H2,1H3;2-10,23-25,29H,11-20H2,1H3;6H,1-5H2;2*1H;/t26-,27+,28?,29-;23-,24+,25?;6-;;;/m0.0.../s1. The van der Waals surface area contributed by atoms with Crippen LogP contribution in [0, 0.1) is 13.8 Å². The van der Waals surface area contributed by atoms with Crippen LogP contribution < -0.4 is 5.32 Å². The van der Waals surface area contributed by atoms with E-state index in [0.29, 0.717) is 67.5 Å². The molecule has 0 aliphatic carbocycles. The van der Waals surface area contributed by atoms with E-state index in [2.05, 4.69) is 189 Å². The van der Waals surface area contributed by atoms with Crippen LogP contribution in [-0.4, -0.2) is 165 Å². The Kier molecular flexibility index (Phi) is 24.7. The number of ether oxygens (including phenoxy) is 4. The maximum atomic E-state index is 12.9. The van der Waals surface area contributed by atoms with Crippen LogP contribution in [0.5, 0.6) is 0 Å². The highest BCUT2D eigenvalue weighted by Crippen LogP contribution is 2.47. The number of hydroxylamine groups is 2. The van der Waals surface area contributed by atoms with Crippen molar-refractivity contribution in [2.24, 2.45) is 0 Å². The van der Waals surface area contributed by atoms with Crippen molar-refractivity contribution in [3.8, 4) is 0 Å². The van der Waals surface area contributed by atoms with Crippen LogP contribution >= 0.6 is 62.0 Å².